The average Bonchev–Trinajstić information content (AvgIpc) is 2.73. The SMILES string of the molecule is COc1cc(OC)cc(C(=O)Nc2ccc(NCc3ccccc3F)nn2)c1. The van der Waals surface area contributed by atoms with Gasteiger partial charge in [-0.1, -0.05) is 18.2 Å². The Morgan fingerprint density at radius 1 is 0.964 bits per heavy atom. The molecule has 0 fully saturated rings. The highest BCUT2D eigenvalue weighted by molar-refractivity contribution is 6.04. The largest absolute Gasteiger partial charge is 0.497 e. The molecule has 0 aliphatic carbocycles. The number of rotatable bonds is 7. The van der Waals surface area contributed by atoms with Crippen molar-refractivity contribution in [1.82, 2.24) is 10.2 Å². The van der Waals surface area contributed by atoms with Crippen LogP contribution in [0.25, 0.3) is 0 Å². The summed E-state index contributed by atoms with van der Waals surface area (Å²) in [6.45, 7) is 0.274. The lowest BCUT2D eigenvalue weighted by Crippen LogP contribution is -2.14. The zero-order valence-electron chi connectivity index (χ0n) is 15.4. The van der Waals surface area contributed by atoms with E-state index in [2.05, 4.69) is 20.8 Å². The highest BCUT2D eigenvalue weighted by Crippen LogP contribution is 2.23. The lowest BCUT2D eigenvalue weighted by atomic mass is 10.2. The smallest absolute Gasteiger partial charge is 0.257 e. The molecule has 1 heterocycles. The van der Waals surface area contributed by atoms with Crippen molar-refractivity contribution >= 4 is 17.5 Å². The van der Waals surface area contributed by atoms with E-state index in [4.69, 9.17) is 9.47 Å². The minimum Gasteiger partial charge on any atom is -0.497 e. The molecule has 0 bridgehead atoms. The first-order valence-corrected chi connectivity index (χ1v) is 8.44. The molecule has 0 spiro atoms. The number of carbonyl (C=O) groups excluding carboxylic acids is 1. The van der Waals surface area contributed by atoms with E-state index >= 15 is 0 Å². The van der Waals surface area contributed by atoms with Crippen LogP contribution in [-0.2, 0) is 6.54 Å². The Morgan fingerprint density at radius 2 is 1.61 bits per heavy atom. The third kappa shape index (κ3) is 4.73. The second-order valence-corrected chi connectivity index (χ2v) is 5.80. The fraction of sp³-hybridized carbons (Fsp3) is 0.150. The first-order chi connectivity index (χ1) is 13.6. The molecule has 8 heteroatoms. The van der Waals surface area contributed by atoms with Crippen LogP contribution >= 0.6 is 0 Å². The van der Waals surface area contributed by atoms with E-state index in [9.17, 15) is 9.18 Å². The maximum absolute atomic E-state index is 13.6. The number of amides is 1. The zero-order valence-corrected chi connectivity index (χ0v) is 15.4. The van der Waals surface area contributed by atoms with Crippen molar-refractivity contribution in [1.29, 1.82) is 0 Å². The van der Waals surface area contributed by atoms with Crippen LogP contribution in [0.4, 0.5) is 16.0 Å². The van der Waals surface area contributed by atoms with Gasteiger partial charge in [0.1, 0.15) is 23.1 Å². The number of benzene rings is 2. The molecule has 7 nitrogen and oxygen atoms in total. The van der Waals surface area contributed by atoms with Crippen molar-refractivity contribution in [3.63, 3.8) is 0 Å². The van der Waals surface area contributed by atoms with Crippen molar-refractivity contribution in [2.75, 3.05) is 24.9 Å². The van der Waals surface area contributed by atoms with Crippen molar-refractivity contribution in [3.05, 3.63) is 71.5 Å². The van der Waals surface area contributed by atoms with Gasteiger partial charge in [0.15, 0.2) is 5.82 Å². The van der Waals surface area contributed by atoms with Crippen LogP contribution in [0.3, 0.4) is 0 Å². The fourth-order valence-corrected chi connectivity index (χ4v) is 2.45. The fourth-order valence-electron chi connectivity index (χ4n) is 2.45. The Bertz CT molecular complexity index is 942. The third-order valence-electron chi connectivity index (χ3n) is 3.94. The van der Waals surface area contributed by atoms with Crippen LogP contribution in [0.2, 0.25) is 0 Å². The first kappa shape index (κ1) is 19.1. The summed E-state index contributed by atoms with van der Waals surface area (Å²) in [5, 5.41) is 13.6. The molecular weight excluding hydrogens is 363 g/mol. The molecule has 144 valence electrons. The molecule has 0 aliphatic rings. The van der Waals surface area contributed by atoms with Crippen LogP contribution in [0.1, 0.15) is 15.9 Å². The molecule has 0 radical (unpaired) electrons. The lowest BCUT2D eigenvalue weighted by molar-refractivity contribution is 0.102. The van der Waals surface area contributed by atoms with Gasteiger partial charge in [-0.3, -0.25) is 4.79 Å². The Hall–Kier alpha value is -3.68. The minimum absolute atomic E-state index is 0.274. The van der Waals surface area contributed by atoms with Crippen LogP contribution in [-0.4, -0.2) is 30.3 Å². The number of hydrogen-bond donors (Lipinski definition) is 2. The third-order valence-corrected chi connectivity index (χ3v) is 3.94. The number of nitrogens with one attached hydrogen (secondary N) is 2. The molecule has 0 saturated heterocycles. The van der Waals surface area contributed by atoms with Crippen molar-refractivity contribution in [2.45, 2.75) is 6.54 Å². The molecule has 1 aromatic heterocycles. The standard InChI is InChI=1S/C20H19FN4O3/c1-27-15-9-14(10-16(11-15)28-2)20(26)23-19-8-7-18(24-25-19)22-12-13-5-3-4-6-17(13)21/h3-11H,12H2,1-2H3,(H,22,24)(H,23,25,26). The highest BCUT2D eigenvalue weighted by Gasteiger charge is 2.11. The topological polar surface area (TPSA) is 85.4 Å². The number of halogens is 1. The molecule has 2 aromatic carbocycles. The highest BCUT2D eigenvalue weighted by atomic mass is 19.1. The second kappa shape index (κ2) is 8.81. The Kier molecular flexibility index (Phi) is 6.01. The average molecular weight is 382 g/mol. The predicted octanol–water partition coefficient (Wildman–Crippen LogP) is 3.50. The molecule has 0 aliphatic heterocycles. The number of hydrogen-bond acceptors (Lipinski definition) is 6. The number of aromatic nitrogens is 2. The number of anilines is 2. The van der Waals surface area contributed by atoms with E-state index in [1.807, 2.05) is 0 Å². The normalized spacial score (nSPS) is 10.2. The minimum atomic E-state index is -0.376. The number of ether oxygens (including phenoxy) is 2. The van der Waals surface area contributed by atoms with Crippen LogP contribution in [0.15, 0.2) is 54.6 Å². The van der Waals surface area contributed by atoms with Crippen LogP contribution in [0, 0.1) is 5.82 Å². The van der Waals surface area contributed by atoms with E-state index in [-0.39, 0.29) is 24.1 Å². The lowest BCUT2D eigenvalue weighted by Gasteiger charge is -2.09. The Labute approximate surface area is 161 Å². The van der Waals surface area contributed by atoms with Gasteiger partial charge < -0.3 is 20.1 Å². The molecule has 3 rings (SSSR count). The second-order valence-electron chi connectivity index (χ2n) is 5.80. The van der Waals surface area contributed by atoms with Gasteiger partial charge in [-0.05, 0) is 30.3 Å². The Balaban J connectivity index is 1.64. The van der Waals surface area contributed by atoms with E-state index < -0.39 is 0 Å². The van der Waals surface area contributed by atoms with Gasteiger partial charge in [-0.15, -0.1) is 10.2 Å². The number of carbonyl (C=O) groups is 1. The maximum atomic E-state index is 13.6. The summed E-state index contributed by atoms with van der Waals surface area (Å²) in [5.74, 6) is 1.08. The summed E-state index contributed by atoms with van der Waals surface area (Å²) in [6.07, 6.45) is 0. The van der Waals surface area contributed by atoms with Crippen molar-refractivity contribution in [2.24, 2.45) is 0 Å². The van der Waals surface area contributed by atoms with Crippen LogP contribution in [0.5, 0.6) is 11.5 Å². The summed E-state index contributed by atoms with van der Waals surface area (Å²) in [6, 6.07) is 14.6. The van der Waals surface area contributed by atoms with E-state index in [1.54, 1.807) is 48.5 Å². The summed E-state index contributed by atoms with van der Waals surface area (Å²) in [5.41, 5.74) is 0.883. The molecule has 0 unspecified atom stereocenters. The van der Waals surface area contributed by atoms with Crippen LogP contribution < -0.4 is 20.1 Å². The summed E-state index contributed by atoms with van der Waals surface area (Å²) in [7, 11) is 3.02. The molecule has 0 saturated carbocycles. The Morgan fingerprint density at radius 3 is 2.21 bits per heavy atom. The predicted molar refractivity (Wildman–Crippen MR) is 103 cm³/mol. The zero-order chi connectivity index (χ0) is 19.9. The molecule has 2 N–H and O–H groups in total. The van der Waals surface area contributed by atoms with E-state index in [0.717, 1.165) is 0 Å². The summed E-state index contributed by atoms with van der Waals surface area (Å²) < 4.78 is 24.0. The van der Waals surface area contributed by atoms with Gasteiger partial charge in [0.25, 0.3) is 5.91 Å². The molecule has 3 aromatic rings. The van der Waals surface area contributed by atoms with Crippen molar-refractivity contribution < 1.29 is 18.7 Å². The monoisotopic (exact) mass is 382 g/mol. The van der Waals surface area contributed by atoms with Gasteiger partial charge in [0, 0.05) is 23.7 Å². The molecule has 28 heavy (non-hydrogen) atoms. The first-order valence-electron chi connectivity index (χ1n) is 8.44. The van der Waals surface area contributed by atoms with Gasteiger partial charge in [-0.2, -0.15) is 0 Å². The molecule has 1 amide bonds. The summed E-state index contributed by atoms with van der Waals surface area (Å²) >= 11 is 0. The van der Waals surface area contributed by atoms with Crippen molar-refractivity contribution in [3.8, 4) is 11.5 Å². The van der Waals surface area contributed by atoms with E-state index in [0.29, 0.717) is 28.4 Å². The number of nitrogens with zero attached hydrogens (tertiary/aromatic N) is 2. The molecular formula is C20H19FN4O3. The van der Waals surface area contributed by atoms with Gasteiger partial charge in [0.05, 0.1) is 14.2 Å². The number of methoxy groups -OCH3 is 2. The quantitative estimate of drug-likeness (QED) is 0.651. The van der Waals surface area contributed by atoms with E-state index in [1.165, 1.54) is 20.3 Å². The summed E-state index contributed by atoms with van der Waals surface area (Å²) in [4.78, 5) is 12.4. The maximum Gasteiger partial charge on any atom is 0.257 e. The van der Waals surface area contributed by atoms with Gasteiger partial charge >= 0.3 is 0 Å². The molecule has 0 atom stereocenters. The van der Waals surface area contributed by atoms with Gasteiger partial charge in [-0.25, -0.2) is 4.39 Å². The van der Waals surface area contributed by atoms with Gasteiger partial charge in [0.2, 0.25) is 0 Å².